The number of nitrogens with one attached hydrogen (secondary N) is 2. The highest BCUT2D eigenvalue weighted by Gasteiger charge is 2.27. The maximum Gasteiger partial charge on any atom is 0.261 e. The lowest BCUT2D eigenvalue weighted by Gasteiger charge is -2.30. The normalized spacial score (nSPS) is 11.9. The molecule has 0 saturated carbocycles. The van der Waals surface area contributed by atoms with E-state index in [4.69, 9.17) is 11.5 Å². The van der Waals surface area contributed by atoms with Crippen molar-refractivity contribution in [1.82, 2.24) is 24.8 Å². The first-order valence-corrected chi connectivity index (χ1v) is 10.3. The van der Waals surface area contributed by atoms with Crippen molar-refractivity contribution in [2.75, 3.05) is 39.5 Å². The molecule has 12 nitrogen and oxygen atoms in total. The van der Waals surface area contributed by atoms with Gasteiger partial charge in [0.25, 0.3) is 5.56 Å². The van der Waals surface area contributed by atoms with Crippen LogP contribution in [0.1, 0.15) is 12.8 Å². The lowest BCUT2D eigenvalue weighted by molar-refractivity contribution is -0.137. The fourth-order valence-electron chi connectivity index (χ4n) is 3.04. The SMILES string of the molecule is CN.CNCCN(C(=O)Cn1ccc2c(=O)[nH]c(N)nc21)C(CCCN=CN)C(=O)P. The van der Waals surface area contributed by atoms with Gasteiger partial charge in [-0.25, -0.2) is 0 Å². The lowest BCUT2D eigenvalue weighted by Crippen LogP contribution is -2.47. The number of aromatic nitrogens is 3. The Morgan fingerprint density at radius 2 is 2.16 bits per heavy atom. The van der Waals surface area contributed by atoms with Gasteiger partial charge in [0.2, 0.25) is 11.9 Å². The molecule has 0 aliphatic heterocycles. The van der Waals surface area contributed by atoms with Crippen LogP contribution in [0.3, 0.4) is 0 Å². The first-order chi connectivity index (χ1) is 14.9. The van der Waals surface area contributed by atoms with Gasteiger partial charge in [-0.2, -0.15) is 4.98 Å². The van der Waals surface area contributed by atoms with Gasteiger partial charge < -0.3 is 32.0 Å². The monoisotopic (exact) mass is 453 g/mol. The van der Waals surface area contributed by atoms with E-state index >= 15 is 0 Å². The van der Waals surface area contributed by atoms with E-state index in [0.717, 1.165) is 0 Å². The van der Waals surface area contributed by atoms with Gasteiger partial charge in [0.1, 0.15) is 12.2 Å². The van der Waals surface area contributed by atoms with Gasteiger partial charge in [-0.15, -0.1) is 0 Å². The lowest BCUT2D eigenvalue weighted by atomic mass is 10.1. The summed E-state index contributed by atoms with van der Waals surface area (Å²) in [7, 11) is 5.43. The number of hydrogen-bond donors (Lipinski definition) is 5. The number of anilines is 1. The Morgan fingerprint density at radius 1 is 1.45 bits per heavy atom. The van der Waals surface area contributed by atoms with E-state index in [0.29, 0.717) is 43.5 Å². The van der Waals surface area contributed by atoms with Crippen molar-refractivity contribution in [2.45, 2.75) is 25.4 Å². The zero-order valence-electron chi connectivity index (χ0n) is 17.9. The Bertz CT molecular complexity index is 941. The minimum atomic E-state index is -0.600. The average Bonchev–Trinajstić information content (AvgIpc) is 3.13. The molecule has 2 rings (SSSR count). The van der Waals surface area contributed by atoms with Crippen LogP contribution >= 0.6 is 9.24 Å². The molecule has 0 bridgehead atoms. The van der Waals surface area contributed by atoms with Gasteiger partial charge in [0.15, 0.2) is 5.52 Å². The van der Waals surface area contributed by atoms with Crippen LogP contribution < -0.4 is 28.1 Å². The summed E-state index contributed by atoms with van der Waals surface area (Å²) in [6.45, 7) is 1.29. The van der Waals surface area contributed by atoms with Crippen LogP contribution in [-0.2, 0) is 16.1 Å². The molecule has 0 aliphatic rings. The summed E-state index contributed by atoms with van der Waals surface area (Å²) in [5.41, 5.74) is 15.1. The fraction of sp³-hybridized carbons (Fsp3) is 0.500. The zero-order valence-corrected chi connectivity index (χ0v) is 19.0. The molecule has 0 fully saturated rings. The van der Waals surface area contributed by atoms with E-state index in [-0.39, 0.29) is 29.5 Å². The molecule has 8 N–H and O–H groups in total. The maximum absolute atomic E-state index is 13.1. The second-order valence-electron chi connectivity index (χ2n) is 6.44. The van der Waals surface area contributed by atoms with Gasteiger partial charge in [0.05, 0.1) is 17.8 Å². The summed E-state index contributed by atoms with van der Waals surface area (Å²) in [6, 6.07) is 0.978. The Morgan fingerprint density at radius 3 is 2.77 bits per heavy atom. The molecule has 1 amide bonds. The molecule has 0 spiro atoms. The number of H-pyrrole nitrogens is 1. The fourth-order valence-corrected chi connectivity index (χ4v) is 3.39. The van der Waals surface area contributed by atoms with E-state index < -0.39 is 6.04 Å². The van der Waals surface area contributed by atoms with Crippen molar-refractivity contribution >= 4 is 44.0 Å². The summed E-state index contributed by atoms with van der Waals surface area (Å²) < 4.78 is 1.55. The van der Waals surface area contributed by atoms with Crippen LogP contribution in [0.5, 0.6) is 0 Å². The Labute approximate surface area is 182 Å². The van der Waals surface area contributed by atoms with Gasteiger partial charge in [-0.05, 0) is 33.0 Å². The Kier molecular flexibility index (Phi) is 11.4. The van der Waals surface area contributed by atoms with Crippen LogP contribution in [0.15, 0.2) is 22.1 Å². The van der Waals surface area contributed by atoms with Gasteiger partial charge in [-0.3, -0.25) is 24.4 Å². The van der Waals surface area contributed by atoms with Crippen molar-refractivity contribution in [3.05, 3.63) is 22.6 Å². The molecule has 13 heteroatoms. The van der Waals surface area contributed by atoms with Crippen molar-refractivity contribution in [1.29, 1.82) is 0 Å². The first kappa shape index (κ1) is 26.2. The number of carbonyl (C=O) groups is 2. The molecule has 2 unspecified atom stereocenters. The van der Waals surface area contributed by atoms with Crippen LogP contribution in [-0.4, -0.2) is 77.0 Å². The van der Waals surface area contributed by atoms with Gasteiger partial charge >= 0.3 is 0 Å². The second-order valence-corrected chi connectivity index (χ2v) is 7.01. The third kappa shape index (κ3) is 7.42. The van der Waals surface area contributed by atoms with Crippen molar-refractivity contribution in [2.24, 2.45) is 16.5 Å². The largest absolute Gasteiger partial charge is 0.390 e. The molecular weight excluding hydrogens is 421 g/mol. The number of nitrogens with zero attached hydrogens (tertiary/aromatic N) is 4. The van der Waals surface area contributed by atoms with E-state index in [2.05, 4.69) is 35.3 Å². The van der Waals surface area contributed by atoms with E-state index in [9.17, 15) is 14.4 Å². The van der Waals surface area contributed by atoms with E-state index in [1.54, 1.807) is 28.8 Å². The number of aromatic amines is 1. The standard InChI is InChI=1S/C17H27N8O3P.CH5N/c1-20-6-8-25(12(16(28)29)3-2-5-21-10-18)13(26)9-24-7-4-11-14(24)22-17(19)23-15(11)27;1-2/h4,7,10,12,20H,2-3,5-6,8-9,29H2,1H3,(H2,18,21)(H3,19,22,23,27);2H2,1H3. The molecule has 2 aromatic heterocycles. The number of rotatable bonds is 11. The summed E-state index contributed by atoms with van der Waals surface area (Å²) in [4.78, 5) is 49.3. The summed E-state index contributed by atoms with van der Waals surface area (Å²) in [6.07, 6.45) is 3.90. The van der Waals surface area contributed by atoms with Crippen molar-refractivity contribution in [3.63, 3.8) is 0 Å². The molecular formula is C18H32N9O3P. The van der Waals surface area contributed by atoms with Crippen LogP contribution in [0, 0.1) is 0 Å². The summed E-state index contributed by atoms with van der Waals surface area (Å²) in [5.74, 6) is -0.290. The maximum atomic E-state index is 13.1. The summed E-state index contributed by atoms with van der Waals surface area (Å²) in [5, 5.41) is 3.33. The molecule has 172 valence electrons. The van der Waals surface area contributed by atoms with Crippen LogP contribution in [0.2, 0.25) is 0 Å². The zero-order chi connectivity index (χ0) is 23.4. The number of likely N-dealkylation sites (N-methyl/N-ethyl adjacent to an activating group) is 1. The highest BCUT2D eigenvalue weighted by molar-refractivity contribution is 7.40. The molecule has 0 aliphatic carbocycles. The number of hydrogen-bond acceptors (Lipinski definition) is 8. The number of carbonyl (C=O) groups excluding carboxylic acids is 2. The minimum absolute atomic E-state index is 0.0274. The second kappa shape index (κ2) is 13.5. The molecule has 0 aromatic carbocycles. The van der Waals surface area contributed by atoms with E-state index in [1.807, 2.05) is 0 Å². The van der Waals surface area contributed by atoms with Crippen molar-refractivity contribution in [3.8, 4) is 0 Å². The number of nitrogen functional groups attached to an aromatic ring is 1. The molecule has 0 radical (unpaired) electrons. The number of amides is 1. The number of fused-ring (bicyclic) bond motifs is 1. The van der Waals surface area contributed by atoms with Crippen LogP contribution in [0.25, 0.3) is 11.0 Å². The van der Waals surface area contributed by atoms with Crippen molar-refractivity contribution < 1.29 is 9.59 Å². The first-order valence-electron chi connectivity index (χ1n) is 9.74. The molecule has 2 atom stereocenters. The van der Waals surface area contributed by atoms with E-state index in [1.165, 1.54) is 13.4 Å². The van der Waals surface area contributed by atoms with Gasteiger partial charge in [-0.1, -0.05) is 9.24 Å². The molecule has 2 heterocycles. The minimum Gasteiger partial charge on any atom is -0.390 e. The highest BCUT2D eigenvalue weighted by atomic mass is 31.0. The molecule has 0 saturated heterocycles. The van der Waals surface area contributed by atoms with Crippen LogP contribution in [0.4, 0.5) is 5.95 Å². The van der Waals surface area contributed by atoms with Gasteiger partial charge in [0, 0.05) is 25.8 Å². The predicted octanol–water partition coefficient (Wildman–Crippen LogP) is -1.53. The predicted molar refractivity (Wildman–Crippen MR) is 126 cm³/mol. The topological polar surface area (TPSA) is 191 Å². The summed E-state index contributed by atoms with van der Waals surface area (Å²) >= 11 is 0. The Balaban J connectivity index is 0.00000233. The third-order valence-electron chi connectivity index (χ3n) is 4.45. The highest BCUT2D eigenvalue weighted by Crippen LogP contribution is 2.15. The average molecular weight is 453 g/mol. The number of aliphatic imine (C=N–C) groups is 1. The third-order valence-corrected chi connectivity index (χ3v) is 4.83. The quantitative estimate of drug-likeness (QED) is 0.117. The smallest absolute Gasteiger partial charge is 0.261 e. The molecule has 31 heavy (non-hydrogen) atoms. The number of nitrogens with two attached hydrogens (primary N) is 3. The Hall–Kier alpha value is -2.82. The molecule has 2 aromatic rings.